The highest BCUT2D eigenvalue weighted by Crippen LogP contribution is 2.34. The second-order valence-electron chi connectivity index (χ2n) is 3.89. The highest BCUT2D eigenvalue weighted by atomic mass is 28.1. The largest absolute Gasteiger partial charge is 0.0688 e. The zero-order chi connectivity index (χ0) is 9.59. The normalized spacial score (nSPS) is 20.0. The number of fused-ring (bicyclic) bond motifs is 1. The van der Waals surface area contributed by atoms with E-state index in [9.17, 15) is 0 Å². The lowest BCUT2D eigenvalue weighted by Gasteiger charge is -2.09. The van der Waals surface area contributed by atoms with E-state index in [-0.39, 0.29) is 0 Å². The fourth-order valence-electron chi connectivity index (χ4n) is 1.81. The molecule has 0 saturated carbocycles. The summed E-state index contributed by atoms with van der Waals surface area (Å²) < 4.78 is 0. The van der Waals surface area contributed by atoms with E-state index in [2.05, 4.69) is 49.2 Å². The Bertz CT molecular complexity index is 388. The number of hydrogen-bond acceptors (Lipinski definition) is 0. The van der Waals surface area contributed by atoms with E-state index < -0.39 is 0 Å². The molecular formula is C12H13Si. The third-order valence-corrected chi connectivity index (χ3v) is 3.62. The highest BCUT2D eigenvalue weighted by Gasteiger charge is 2.18. The molecule has 1 atom stereocenters. The molecule has 0 amide bonds. The lowest BCUT2D eigenvalue weighted by atomic mass is 10.0. The van der Waals surface area contributed by atoms with Crippen LogP contribution in [0.1, 0.15) is 34.7 Å². The Morgan fingerprint density at radius 3 is 2.38 bits per heavy atom. The Morgan fingerprint density at radius 1 is 1.08 bits per heavy atom. The first kappa shape index (κ1) is 8.76. The van der Waals surface area contributed by atoms with Crippen LogP contribution in [0.4, 0.5) is 0 Å². The average Bonchev–Trinajstić information content (AvgIpc) is 2.32. The van der Waals surface area contributed by atoms with Crippen LogP contribution in [0, 0.1) is 13.8 Å². The van der Waals surface area contributed by atoms with Gasteiger partial charge in [-0.3, -0.25) is 0 Å². The quantitative estimate of drug-likeness (QED) is 0.545. The number of rotatable bonds is 0. The lowest BCUT2D eigenvalue weighted by molar-refractivity contribution is 1.13. The van der Waals surface area contributed by atoms with Crippen molar-refractivity contribution in [3.8, 4) is 0 Å². The van der Waals surface area contributed by atoms with Crippen LogP contribution in [0.25, 0.3) is 6.08 Å². The van der Waals surface area contributed by atoms with Gasteiger partial charge in [0.2, 0.25) is 0 Å². The van der Waals surface area contributed by atoms with Gasteiger partial charge in [-0.25, -0.2) is 0 Å². The van der Waals surface area contributed by atoms with Crippen LogP contribution in [-0.2, 0) is 0 Å². The zero-order valence-corrected chi connectivity index (χ0v) is 9.31. The predicted molar refractivity (Wildman–Crippen MR) is 58.1 cm³/mol. The molecule has 1 unspecified atom stereocenters. The van der Waals surface area contributed by atoms with E-state index in [4.69, 9.17) is 0 Å². The van der Waals surface area contributed by atoms with Gasteiger partial charge in [0.05, 0.1) is 0 Å². The van der Waals surface area contributed by atoms with Crippen LogP contribution in [0.3, 0.4) is 0 Å². The van der Waals surface area contributed by atoms with Crippen molar-refractivity contribution in [3.63, 3.8) is 0 Å². The van der Waals surface area contributed by atoms with Crippen molar-refractivity contribution in [2.75, 3.05) is 0 Å². The number of aryl methyl sites for hydroxylation is 2. The van der Waals surface area contributed by atoms with Crippen molar-refractivity contribution in [2.24, 2.45) is 0 Å². The molecule has 0 nitrogen and oxygen atoms in total. The maximum atomic E-state index is 3.74. The van der Waals surface area contributed by atoms with Gasteiger partial charge in [0.15, 0.2) is 0 Å². The summed E-state index contributed by atoms with van der Waals surface area (Å²) in [5.41, 5.74) is 7.37. The van der Waals surface area contributed by atoms with Gasteiger partial charge >= 0.3 is 0 Å². The minimum atomic E-state index is 0.425. The van der Waals surface area contributed by atoms with Crippen molar-refractivity contribution in [1.29, 1.82) is 0 Å². The van der Waals surface area contributed by atoms with Gasteiger partial charge in [-0.2, -0.15) is 0 Å². The van der Waals surface area contributed by atoms with Crippen LogP contribution in [0.15, 0.2) is 17.7 Å². The summed E-state index contributed by atoms with van der Waals surface area (Å²) in [5.74, 6) is 0. The molecular weight excluding hydrogens is 172 g/mol. The molecule has 0 saturated heterocycles. The zero-order valence-electron chi connectivity index (χ0n) is 8.31. The molecule has 65 valence electrons. The standard InChI is InChI=1S/C12H13Si/c1-7-4-10-5-9(3)12(13)11(10)6-8(7)2/h4-6,12H,1-3H3. The molecule has 13 heavy (non-hydrogen) atoms. The van der Waals surface area contributed by atoms with Crippen molar-refractivity contribution in [3.05, 3.63) is 40.0 Å². The van der Waals surface area contributed by atoms with Crippen LogP contribution in [0.2, 0.25) is 0 Å². The molecule has 1 aliphatic carbocycles. The highest BCUT2D eigenvalue weighted by molar-refractivity contribution is 6.16. The molecule has 0 spiro atoms. The molecule has 2 rings (SSSR count). The SMILES string of the molecule is CC1=Cc2cc(C)c(C)cc2C1[Si]. The van der Waals surface area contributed by atoms with E-state index in [1.807, 2.05) is 0 Å². The summed E-state index contributed by atoms with van der Waals surface area (Å²) in [5, 5.41) is 0. The number of hydrogen-bond donors (Lipinski definition) is 0. The van der Waals surface area contributed by atoms with Crippen LogP contribution >= 0.6 is 0 Å². The monoisotopic (exact) mass is 185 g/mol. The molecule has 1 aliphatic rings. The Labute approximate surface area is 83.1 Å². The number of benzene rings is 1. The van der Waals surface area contributed by atoms with Crippen LogP contribution in [-0.4, -0.2) is 10.2 Å². The minimum absolute atomic E-state index is 0.425. The van der Waals surface area contributed by atoms with Crippen molar-refractivity contribution in [1.82, 2.24) is 0 Å². The van der Waals surface area contributed by atoms with Crippen molar-refractivity contribution in [2.45, 2.75) is 26.3 Å². The van der Waals surface area contributed by atoms with E-state index in [0.29, 0.717) is 5.54 Å². The molecule has 1 heteroatoms. The molecule has 0 N–H and O–H groups in total. The van der Waals surface area contributed by atoms with E-state index >= 15 is 0 Å². The molecule has 0 heterocycles. The van der Waals surface area contributed by atoms with Crippen molar-refractivity contribution >= 4 is 16.3 Å². The second kappa shape index (κ2) is 2.84. The topological polar surface area (TPSA) is 0 Å². The van der Waals surface area contributed by atoms with Gasteiger partial charge in [0, 0.05) is 10.2 Å². The maximum absolute atomic E-state index is 3.74. The van der Waals surface area contributed by atoms with E-state index in [0.717, 1.165) is 0 Å². The average molecular weight is 185 g/mol. The molecule has 0 aliphatic heterocycles. The Kier molecular flexibility index (Phi) is 1.92. The number of allylic oxidation sites excluding steroid dienone is 1. The summed E-state index contributed by atoms with van der Waals surface area (Å²) in [7, 11) is 3.74. The van der Waals surface area contributed by atoms with E-state index in [1.54, 1.807) is 0 Å². The molecule has 1 aromatic rings. The van der Waals surface area contributed by atoms with Gasteiger partial charge in [0.1, 0.15) is 0 Å². The van der Waals surface area contributed by atoms with Crippen molar-refractivity contribution < 1.29 is 0 Å². The molecule has 1 aromatic carbocycles. The first-order valence-electron chi connectivity index (χ1n) is 4.60. The summed E-state index contributed by atoms with van der Waals surface area (Å²) in [6, 6.07) is 4.56. The third-order valence-electron chi connectivity index (χ3n) is 2.85. The predicted octanol–water partition coefficient (Wildman–Crippen LogP) is 2.93. The summed E-state index contributed by atoms with van der Waals surface area (Å²) in [6.45, 7) is 6.50. The molecule has 0 bridgehead atoms. The summed E-state index contributed by atoms with van der Waals surface area (Å²) in [6.07, 6.45) is 2.26. The summed E-state index contributed by atoms with van der Waals surface area (Å²) in [4.78, 5) is 0. The van der Waals surface area contributed by atoms with Gasteiger partial charge in [-0.05, 0) is 48.6 Å². The van der Waals surface area contributed by atoms with Crippen LogP contribution in [0.5, 0.6) is 0 Å². The fraction of sp³-hybridized carbons (Fsp3) is 0.333. The van der Waals surface area contributed by atoms with Crippen LogP contribution < -0.4 is 0 Å². The molecule has 0 fully saturated rings. The van der Waals surface area contributed by atoms with Gasteiger partial charge < -0.3 is 0 Å². The lowest BCUT2D eigenvalue weighted by Crippen LogP contribution is -1.96. The molecule has 0 aromatic heterocycles. The first-order valence-corrected chi connectivity index (χ1v) is 5.18. The second-order valence-corrected chi connectivity index (χ2v) is 4.46. The smallest absolute Gasteiger partial charge is 0.0392 e. The third kappa shape index (κ3) is 1.27. The summed E-state index contributed by atoms with van der Waals surface area (Å²) >= 11 is 0. The maximum Gasteiger partial charge on any atom is 0.0392 e. The molecule has 3 radical (unpaired) electrons. The van der Waals surface area contributed by atoms with Gasteiger partial charge in [-0.1, -0.05) is 23.8 Å². The van der Waals surface area contributed by atoms with E-state index in [1.165, 1.54) is 27.8 Å². The fourth-order valence-corrected chi connectivity index (χ4v) is 2.14. The first-order chi connectivity index (χ1) is 6.09. The van der Waals surface area contributed by atoms with Gasteiger partial charge in [0.25, 0.3) is 0 Å². The Balaban J connectivity index is 2.61. The van der Waals surface area contributed by atoms with Gasteiger partial charge in [-0.15, -0.1) is 0 Å². The Hall–Kier alpha value is -0.823. The minimum Gasteiger partial charge on any atom is -0.0688 e. The Morgan fingerprint density at radius 2 is 1.69 bits per heavy atom.